The molecule has 2 nitrogen and oxygen atoms in total. The zero-order valence-corrected chi connectivity index (χ0v) is 10.9. The van der Waals surface area contributed by atoms with Crippen LogP contribution < -0.4 is 0 Å². The van der Waals surface area contributed by atoms with Gasteiger partial charge in [-0.25, -0.2) is 0 Å². The summed E-state index contributed by atoms with van der Waals surface area (Å²) in [7, 11) is 0. The monoisotopic (exact) mass is 266 g/mol. The van der Waals surface area contributed by atoms with Crippen molar-refractivity contribution in [3.8, 4) is 12.1 Å². The molecule has 2 rings (SSSR count). The van der Waals surface area contributed by atoms with Crippen LogP contribution in [0.5, 0.6) is 0 Å². The lowest BCUT2D eigenvalue weighted by Gasteiger charge is -2.16. The first-order valence-electron chi connectivity index (χ1n) is 5.86. The average Bonchev–Trinajstić information content (AvgIpc) is 2.47. The second-order valence-electron chi connectivity index (χ2n) is 4.18. The van der Waals surface area contributed by atoms with Gasteiger partial charge in [0.2, 0.25) is 0 Å². The van der Waals surface area contributed by atoms with E-state index in [2.05, 4.69) is 12.1 Å². The zero-order valence-electron chi connectivity index (χ0n) is 10.1. The van der Waals surface area contributed by atoms with Crippen molar-refractivity contribution in [3.05, 3.63) is 70.7 Å². The van der Waals surface area contributed by atoms with Gasteiger partial charge in [-0.15, -0.1) is 0 Å². The maximum atomic E-state index is 9.38. The van der Waals surface area contributed by atoms with Gasteiger partial charge >= 0.3 is 0 Å². The number of hydrogen-bond donors (Lipinski definition) is 0. The molecule has 0 radical (unpaired) electrons. The zero-order chi connectivity index (χ0) is 13.7. The minimum Gasteiger partial charge on any atom is -0.198 e. The highest BCUT2D eigenvalue weighted by atomic mass is 35.5. The first kappa shape index (κ1) is 13.1. The lowest BCUT2D eigenvalue weighted by molar-refractivity contribution is 0.761. The molecule has 2 aromatic rings. The third-order valence-corrected chi connectivity index (χ3v) is 3.25. The fourth-order valence-electron chi connectivity index (χ4n) is 2.01. The fraction of sp³-hybridized carbons (Fsp3) is 0.125. The van der Waals surface area contributed by atoms with Crippen molar-refractivity contribution in [1.29, 1.82) is 10.5 Å². The van der Waals surface area contributed by atoms with Gasteiger partial charge in [-0.2, -0.15) is 10.5 Å². The van der Waals surface area contributed by atoms with Crippen LogP contribution in [0.2, 0.25) is 5.02 Å². The summed E-state index contributed by atoms with van der Waals surface area (Å²) in [5, 5.41) is 19.4. The van der Waals surface area contributed by atoms with Crippen molar-refractivity contribution in [2.24, 2.45) is 0 Å². The van der Waals surface area contributed by atoms with Crippen LogP contribution in [0.1, 0.15) is 23.0 Å². The minimum atomic E-state index is -0.496. The molecule has 0 bridgehead atoms. The Morgan fingerprint density at radius 2 is 1.21 bits per heavy atom. The molecule has 0 heterocycles. The molecule has 3 heteroatoms. The van der Waals surface area contributed by atoms with Gasteiger partial charge in [0.25, 0.3) is 0 Å². The summed E-state index contributed by atoms with van der Waals surface area (Å²) in [5.74, 6) is -0.975. The summed E-state index contributed by atoms with van der Waals surface area (Å²) in [6.45, 7) is 0. The molecular formula is C16H11ClN2. The summed E-state index contributed by atoms with van der Waals surface area (Å²) in [4.78, 5) is 0. The number of nitrogens with zero attached hydrogens (tertiary/aromatic N) is 2. The Balaban J connectivity index is 2.39. The summed E-state index contributed by atoms with van der Waals surface area (Å²) in [5.41, 5.74) is 1.66. The van der Waals surface area contributed by atoms with Crippen LogP contribution in [0.25, 0.3) is 0 Å². The predicted octanol–water partition coefficient (Wildman–Crippen LogP) is 4.25. The third-order valence-electron chi connectivity index (χ3n) is 3.00. The lowest BCUT2D eigenvalue weighted by Crippen LogP contribution is -2.08. The molecule has 0 amide bonds. The molecule has 0 N–H and O–H groups in total. The number of hydrogen-bond acceptors (Lipinski definition) is 2. The molecule has 0 spiro atoms. The van der Waals surface area contributed by atoms with E-state index in [1.165, 1.54) is 0 Å². The minimum absolute atomic E-state index is 0.479. The van der Waals surface area contributed by atoms with Crippen LogP contribution in [0.3, 0.4) is 0 Å². The Kier molecular flexibility index (Phi) is 4.18. The van der Waals surface area contributed by atoms with E-state index in [1.807, 2.05) is 30.3 Å². The van der Waals surface area contributed by atoms with E-state index >= 15 is 0 Å². The van der Waals surface area contributed by atoms with Crippen molar-refractivity contribution in [1.82, 2.24) is 0 Å². The van der Waals surface area contributed by atoms with Gasteiger partial charge in [0.05, 0.1) is 24.0 Å². The average molecular weight is 267 g/mol. The van der Waals surface area contributed by atoms with Crippen molar-refractivity contribution in [2.45, 2.75) is 11.8 Å². The molecule has 0 aliphatic heterocycles. The van der Waals surface area contributed by atoms with Crippen LogP contribution >= 0.6 is 11.6 Å². The van der Waals surface area contributed by atoms with Crippen molar-refractivity contribution in [3.63, 3.8) is 0 Å². The quantitative estimate of drug-likeness (QED) is 0.833. The molecule has 0 aromatic heterocycles. The largest absolute Gasteiger partial charge is 0.198 e. The third kappa shape index (κ3) is 2.94. The van der Waals surface area contributed by atoms with Crippen LogP contribution in [0, 0.1) is 22.7 Å². The van der Waals surface area contributed by atoms with E-state index in [9.17, 15) is 10.5 Å². The first-order chi connectivity index (χ1) is 9.26. The van der Waals surface area contributed by atoms with Crippen molar-refractivity contribution >= 4 is 11.6 Å². The smallest absolute Gasteiger partial charge is 0.0912 e. The number of halogens is 1. The standard InChI is InChI=1S/C16H11ClN2/c17-14-8-6-13(7-9-14)16(11-19)15(10-18)12-4-2-1-3-5-12/h1-9,15-16H/t15-,16-/m0/s1. The van der Waals surface area contributed by atoms with E-state index in [-0.39, 0.29) is 0 Å². The SMILES string of the molecule is N#C[C@@H](c1ccccc1)[C@@H](C#N)c1ccc(Cl)cc1. The highest BCUT2D eigenvalue weighted by Crippen LogP contribution is 2.32. The molecule has 2 aromatic carbocycles. The molecule has 0 fully saturated rings. The maximum Gasteiger partial charge on any atom is 0.0912 e. The van der Waals surface area contributed by atoms with Crippen LogP contribution in [0.4, 0.5) is 0 Å². The highest BCUT2D eigenvalue weighted by molar-refractivity contribution is 6.30. The fourth-order valence-corrected chi connectivity index (χ4v) is 2.14. The van der Waals surface area contributed by atoms with Crippen LogP contribution in [-0.2, 0) is 0 Å². The van der Waals surface area contributed by atoms with Crippen LogP contribution in [0.15, 0.2) is 54.6 Å². The van der Waals surface area contributed by atoms with Gasteiger partial charge in [0.1, 0.15) is 0 Å². The Morgan fingerprint density at radius 1 is 0.737 bits per heavy atom. The Bertz CT molecular complexity index is 621. The van der Waals surface area contributed by atoms with Gasteiger partial charge in [0.15, 0.2) is 0 Å². The normalized spacial score (nSPS) is 13.0. The molecule has 0 saturated carbocycles. The molecule has 0 saturated heterocycles. The predicted molar refractivity (Wildman–Crippen MR) is 74.6 cm³/mol. The summed E-state index contributed by atoms with van der Waals surface area (Å²) in [6.07, 6.45) is 0. The molecule has 0 aliphatic carbocycles. The highest BCUT2D eigenvalue weighted by Gasteiger charge is 2.24. The number of nitriles is 2. The summed E-state index contributed by atoms with van der Waals surface area (Å²) >= 11 is 5.84. The molecule has 19 heavy (non-hydrogen) atoms. The molecule has 0 aliphatic rings. The van der Waals surface area contributed by atoms with E-state index in [1.54, 1.807) is 24.3 Å². The topological polar surface area (TPSA) is 47.6 Å². The Hall–Kier alpha value is -2.29. The first-order valence-corrected chi connectivity index (χ1v) is 6.23. The molecule has 2 atom stereocenters. The summed E-state index contributed by atoms with van der Waals surface area (Å²) in [6, 6.07) is 20.9. The van der Waals surface area contributed by atoms with Gasteiger partial charge in [-0.1, -0.05) is 54.1 Å². The molecule has 0 unspecified atom stereocenters. The Morgan fingerprint density at radius 3 is 1.68 bits per heavy atom. The van der Waals surface area contributed by atoms with E-state index in [4.69, 9.17) is 11.6 Å². The van der Waals surface area contributed by atoms with Crippen molar-refractivity contribution in [2.75, 3.05) is 0 Å². The second-order valence-corrected chi connectivity index (χ2v) is 4.61. The van der Waals surface area contributed by atoms with Gasteiger partial charge < -0.3 is 0 Å². The van der Waals surface area contributed by atoms with E-state index in [0.29, 0.717) is 5.02 Å². The Labute approximate surface area is 117 Å². The van der Waals surface area contributed by atoms with Gasteiger partial charge in [-0.3, -0.25) is 0 Å². The van der Waals surface area contributed by atoms with Gasteiger partial charge in [-0.05, 0) is 23.3 Å². The van der Waals surface area contributed by atoms with E-state index < -0.39 is 11.8 Å². The van der Waals surface area contributed by atoms with Crippen molar-refractivity contribution < 1.29 is 0 Å². The lowest BCUT2D eigenvalue weighted by atomic mass is 9.83. The number of rotatable bonds is 3. The second kappa shape index (κ2) is 6.05. The number of benzene rings is 2. The maximum absolute atomic E-state index is 9.38. The van der Waals surface area contributed by atoms with Gasteiger partial charge in [0, 0.05) is 5.02 Å². The summed E-state index contributed by atoms with van der Waals surface area (Å²) < 4.78 is 0. The van der Waals surface area contributed by atoms with E-state index in [0.717, 1.165) is 11.1 Å². The molecule has 92 valence electrons. The van der Waals surface area contributed by atoms with Crippen LogP contribution in [-0.4, -0.2) is 0 Å². The molecular weight excluding hydrogens is 256 g/mol.